The van der Waals surface area contributed by atoms with Crippen molar-refractivity contribution in [1.82, 2.24) is 15.1 Å². The number of rotatable bonds is 6. The van der Waals surface area contributed by atoms with Gasteiger partial charge in [-0.25, -0.2) is 13.9 Å². The second-order valence-corrected chi connectivity index (χ2v) is 8.36. The molecule has 0 saturated carbocycles. The zero-order valence-electron chi connectivity index (χ0n) is 17.1. The number of carbonyl (C=O) groups excluding carboxylic acids is 1. The van der Waals surface area contributed by atoms with E-state index >= 15 is 0 Å². The van der Waals surface area contributed by atoms with Crippen molar-refractivity contribution in [2.75, 3.05) is 0 Å². The van der Waals surface area contributed by atoms with Crippen LogP contribution in [0.5, 0.6) is 0 Å². The topological polar surface area (TPSA) is 51.3 Å². The van der Waals surface area contributed by atoms with Crippen LogP contribution in [0.2, 0.25) is 5.02 Å². The van der Waals surface area contributed by atoms with Crippen molar-refractivity contribution in [3.05, 3.63) is 98.5 Å². The Hall–Kier alpha value is -3.47. The minimum absolute atomic E-state index is 0.0995. The number of aryl methyl sites for hydroxylation is 1. The lowest BCUT2D eigenvalue weighted by Gasteiger charge is -2.08. The van der Waals surface area contributed by atoms with E-state index in [1.54, 1.807) is 47.4 Å². The van der Waals surface area contributed by atoms with Crippen LogP contribution in [-0.2, 0) is 13.0 Å². The third-order valence-corrected chi connectivity index (χ3v) is 6.32. The first-order valence-corrected chi connectivity index (χ1v) is 11.1. The first-order valence-electron chi connectivity index (χ1n) is 9.85. The van der Waals surface area contributed by atoms with Gasteiger partial charge in [0.15, 0.2) is 0 Å². The van der Waals surface area contributed by atoms with Gasteiger partial charge in [-0.2, -0.15) is 5.10 Å². The maximum absolute atomic E-state index is 14.7. The molecule has 160 valence electrons. The van der Waals surface area contributed by atoms with E-state index < -0.39 is 5.82 Å². The monoisotopic (exact) mass is 464 g/mol. The Balaban J connectivity index is 1.48. The Labute approximate surface area is 193 Å². The Bertz CT molecular complexity index is 1340. The van der Waals surface area contributed by atoms with Crippen molar-refractivity contribution in [3.63, 3.8) is 0 Å². The number of hydrogen-bond donors (Lipinski definition) is 1. The average molecular weight is 465 g/mol. The molecule has 0 atom stereocenters. The molecule has 0 bridgehead atoms. The zero-order valence-corrected chi connectivity index (χ0v) is 18.7. The Morgan fingerprint density at radius 1 is 1.22 bits per heavy atom. The lowest BCUT2D eigenvalue weighted by atomic mass is 10.1. The lowest BCUT2D eigenvalue weighted by Crippen LogP contribution is -2.23. The first-order chi connectivity index (χ1) is 15.5. The number of nitrogens with zero attached hydrogens (tertiary/aromatic N) is 3. The van der Waals surface area contributed by atoms with Crippen LogP contribution in [0, 0.1) is 12.4 Å². The van der Waals surface area contributed by atoms with E-state index in [-0.39, 0.29) is 12.5 Å². The lowest BCUT2D eigenvalue weighted by molar-refractivity contribution is 0.0954. The molecular formula is C24H18ClFN4OS. The van der Waals surface area contributed by atoms with Crippen LogP contribution in [0.3, 0.4) is 0 Å². The summed E-state index contributed by atoms with van der Waals surface area (Å²) in [5.41, 5.74) is 3.93. The average Bonchev–Trinajstić information content (AvgIpc) is 3.48. The smallest absolute Gasteiger partial charge is 0.261 e. The predicted molar refractivity (Wildman–Crippen MR) is 125 cm³/mol. The van der Waals surface area contributed by atoms with Crippen molar-refractivity contribution in [2.24, 2.45) is 0 Å². The molecule has 32 heavy (non-hydrogen) atoms. The molecule has 0 aliphatic carbocycles. The van der Waals surface area contributed by atoms with E-state index in [1.807, 2.05) is 18.4 Å². The molecule has 1 N–H and O–H groups in total. The van der Waals surface area contributed by atoms with Crippen LogP contribution >= 0.6 is 22.9 Å². The van der Waals surface area contributed by atoms with E-state index in [9.17, 15) is 9.18 Å². The summed E-state index contributed by atoms with van der Waals surface area (Å²) in [6.45, 7) is 9.18. The van der Waals surface area contributed by atoms with Gasteiger partial charge in [-0.3, -0.25) is 4.79 Å². The van der Waals surface area contributed by atoms with Crippen molar-refractivity contribution in [2.45, 2.75) is 19.9 Å². The van der Waals surface area contributed by atoms with Crippen molar-refractivity contribution >= 4 is 34.5 Å². The number of aromatic nitrogens is 2. The predicted octanol–water partition coefficient (Wildman–Crippen LogP) is 6.44. The molecule has 2 aromatic carbocycles. The quantitative estimate of drug-likeness (QED) is 0.334. The number of benzene rings is 2. The van der Waals surface area contributed by atoms with Crippen molar-refractivity contribution in [3.8, 4) is 16.8 Å². The Morgan fingerprint density at radius 2 is 2.06 bits per heavy atom. The molecule has 4 aromatic rings. The summed E-state index contributed by atoms with van der Waals surface area (Å²) in [5.74, 6) is -0.619. The number of hydrogen-bond acceptors (Lipinski definition) is 3. The van der Waals surface area contributed by atoms with Gasteiger partial charge in [0.1, 0.15) is 5.82 Å². The van der Waals surface area contributed by atoms with Gasteiger partial charge in [0.2, 0.25) is 5.69 Å². The molecule has 5 nitrogen and oxygen atoms in total. The van der Waals surface area contributed by atoms with Gasteiger partial charge < -0.3 is 5.32 Å². The third-order valence-electron chi connectivity index (χ3n) is 5.06. The summed E-state index contributed by atoms with van der Waals surface area (Å²) < 4.78 is 16.3. The number of halogens is 2. The third kappa shape index (κ3) is 4.42. The van der Waals surface area contributed by atoms with Gasteiger partial charge in [-0.1, -0.05) is 36.7 Å². The molecule has 0 spiro atoms. The standard InChI is InChI=1S/C24H18ClFN4OS/c1-3-15-8-9-32-23(15)24(31)28-12-17-4-6-19(11-21(17)26)30-14-18(13-29-30)16-5-7-22(27-2)20(25)10-16/h4-11,13-14H,3,12H2,1H3,(H,28,31). The molecule has 0 radical (unpaired) electrons. The highest BCUT2D eigenvalue weighted by Crippen LogP contribution is 2.30. The summed E-state index contributed by atoms with van der Waals surface area (Å²) >= 11 is 7.51. The van der Waals surface area contributed by atoms with Crippen LogP contribution in [0.25, 0.3) is 21.7 Å². The highest BCUT2D eigenvalue weighted by atomic mass is 35.5. The zero-order chi connectivity index (χ0) is 22.7. The molecule has 0 fully saturated rings. The number of nitrogens with one attached hydrogen (secondary N) is 1. The fourth-order valence-corrected chi connectivity index (χ4v) is 4.42. The fourth-order valence-electron chi connectivity index (χ4n) is 3.28. The van der Waals surface area contributed by atoms with Gasteiger partial charge in [0.05, 0.1) is 23.3 Å². The summed E-state index contributed by atoms with van der Waals surface area (Å²) in [6, 6.07) is 11.9. The van der Waals surface area contributed by atoms with Crippen LogP contribution < -0.4 is 5.32 Å². The van der Waals surface area contributed by atoms with Crippen LogP contribution in [0.4, 0.5) is 10.1 Å². The second kappa shape index (κ2) is 9.35. The van der Waals surface area contributed by atoms with Gasteiger partial charge in [-0.05, 0) is 47.2 Å². The van der Waals surface area contributed by atoms with Gasteiger partial charge in [0.25, 0.3) is 5.91 Å². The maximum atomic E-state index is 14.7. The first kappa shape index (κ1) is 21.8. The van der Waals surface area contributed by atoms with Gasteiger partial charge in [-0.15, -0.1) is 11.3 Å². The van der Waals surface area contributed by atoms with Crippen LogP contribution in [0.15, 0.2) is 60.2 Å². The fraction of sp³-hybridized carbons (Fsp3) is 0.125. The molecule has 0 saturated heterocycles. The molecule has 8 heteroatoms. The highest BCUT2D eigenvalue weighted by Gasteiger charge is 2.13. The molecule has 4 rings (SSSR count). The minimum atomic E-state index is -0.425. The summed E-state index contributed by atoms with van der Waals surface area (Å²) in [5, 5.41) is 9.36. The van der Waals surface area contributed by atoms with E-state index in [4.69, 9.17) is 18.2 Å². The molecule has 0 aliphatic heterocycles. The number of carbonyl (C=O) groups is 1. The largest absolute Gasteiger partial charge is 0.347 e. The normalized spacial score (nSPS) is 10.7. The Kier molecular flexibility index (Phi) is 6.35. The van der Waals surface area contributed by atoms with E-state index in [1.165, 1.54) is 17.4 Å². The van der Waals surface area contributed by atoms with Crippen molar-refractivity contribution < 1.29 is 9.18 Å². The molecule has 2 aromatic heterocycles. The summed E-state index contributed by atoms with van der Waals surface area (Å²) in [4.78, 5) is 16.4. The molecule has 1 amide bonds. The molecule has 0 aliphatic rings. The van der Waals surface area contributed by atoms with Gasteiger partial charge in [0, 0.05) is 28.9 Å². The van der Waals surface area contributed by atoms with E-state index in [0.717, 1.165) is 23.1 Å². The second-order valence-electron chi connectivity index (χ2n) is 7.04. The van der Waals surface area contributed by atoms with Crippen LogP contribution in [0.1, 0.15) is 27.7 Å². The van der Waals surface area contributed by atoms with Crippen molar-refractivity contribution in [1.29, 1.82) is 0 Å². The number of thiophene rings is 1. The summed E-state index contributed by atoms with van der Waals surface area (Å²) in [6.07, 6.45) is 4.20. The van der Waals surface area contributed by atoms with Gasteiger partial charge >= 0.3 is 0 Å². The molecular weight excluding hydrogens is 447 g/mol. The van der Waals surface area contributed by atoms with E-state index in [2.05, 4.69) is 15.3 Å². The molecule has 2 heterocycles. The van der Waals surface area contributed by atoms with E-state index in [0.29, 0.717) is 26.8 Å². The SMILES string of the molecule is [C-]#[N+]c1ccc(-c2cnn(-c3ccc(CNC(=O)c4sccc4CC)c(F)c3)c2)cc1Cl. The maximum Gasteiger partial charge on any atom is 0.261 e. The van der Waals surface area contributed by atoms with Crippen LogP contribution in [-0.4, -0.2) is 15.7 Å². The highest BCUT2D eigenvalue weighted by molar-refractivity contribution is 7.12. The number of amides is 1. The minimum Gasteiger partial charge on any atom is -0.347 e. The summed E-state index contributed by atoms with van der Waals surface area (Å²) in [7, 11) is 0. The Morgan fingerprint density at radius 3 is 2.78 bits per heavy atom. The molecule has 0 unspecified atom stereocenters.